The van der Waals surface area contributed by atoms with Crippen molar-refractivity contribution < 1.29 is 24.0 Å². The molecule has 0 aliphatic heterocycles. The number of methoxy groups -OCH3 is 1. The van der Waals surface area contributed by atoms with Gasteiger partial charge in [0.15, 0.2) is 6.61 Å². The fourth-order valence-corrected chi connectivity index (χ4v) is 3.09. The van der Waals surface area contributed by atoms with Crippen molar-refractivity contribution in [2.75, 3.05) is 26.8 Å². The van der Waals surface area contributed by atoms with Crippen LogP contribution in [0, 0.1) is 10.1 Å². The summed E-state index contributed by atoms with van der Waals surface area (Å²) in [7, 11) is 1.32. The first kappa shape index (κ1) is 24.6. The Morgan fingerprint density at radius 2 is 1.91 bits per heavy atom. The summed E-state index contributed by atoms with van der Waals surface area (Å²) >= 11 is 0. The van der Waals surface area contributed by atoms with Crippen molar-refractivity contribution >= 4 is 17.5 Å². The van der Waals surface area contributed by atoms with Crippen molar-refractivity contribution in [3.05, 3.63) is 64.2 Å². The monoisotopic (exact) mass is 443 g/mol. The second kappa shape index (κ2) is 12.3. The first-order valence-corrected chi connectivity index (χ1v) is 10.4. The molecule has 2 aromatic rings. The Morgan fingerprint density at radius 1 is 1.19 bits per heavy atom. The maximum Gasteiger partial charge on any atom is 0.311 e. The lowest BCUT2D eigenvalue weighted by Gasteiger charge is -2.28. The minimum atomic E-state index is -0.673. The minimum Gasteiger partial charge on any atom is -0.490 e. The molecule has 2 aromatic carbocycles. The summed E-state index contributed by atoms with van der Waals surface area (Å²) in [6.45, 7) is 4.19. The highest BCUT2D eigenvalue weighted by Crippen LogP contribution is 2.30. The van der Waals surface area contributed by atoms with E-state index >= 15 is 0 Å². The van der Waals surface area contributed by atoms with Gasteiger partial charge in [-0.2, -0.15) is 0 Å². The third-order valence-electron chi connectivity index (χ3n) is 4.91. The Morgan fingerprint density at radius 3 is 2.53 bits per heavy atom. The SMILES string of the molecule is CCCNC(=O)[C@H](C)N(CCc1ccccc1)C(=O)COc1ccc([N+](=O)[O-])c(OC)c1. The van der Waals surface area contributed by atoms with E-state index < -0.39 is 11.0 Å². The minimum absolute atomic E-state index is 0.0354. The number of amides is 2. The summed E-state index contributed by atoms with van der Waals surface area (Å²) in [4.78, 5) is 37.4. The van der Waals surface area contributed by atoms with Crippen LogP contribution in [0.3, 0.4) is 0 Å². The van der Waals surface area contributed by atoms with E-state index in [1.807, 2.05) is 37.3 Å². The van der Waals surface area contributed by atoms with Crippen molar-refractivity contribution in [3.8, 4) is 11.5 Å². The number of nitro benzene ring substituents is 1. The van der Waals surface area contributed by atoms with Gasteiger partial charge in [0, 0.05) is 25.2 Å². The average molecular weight is 444 g/mol. The van der Waals surface area contributed by atoms with Crippen molar-refractivity contribution in [1.29, 1.82) is 0 Å². The van der Waals surface area contributed by atoms with Crippen LogP contribution in [0.15, 0.2) is 48.5 Å². The largest absolute Gasteiger partial charge is 0.490 e. The Labute approximate surface area is 187 Å². The fourth-order valence-electron chi connectivity index (χ4n) is 3.09. The van der Waals surface area contributed by atoms with E-state index in [2.05, 4.69) is 5.32 Å². The maximum absolute atomic E-state index is 13.0. The van der Waals surface area contributed by atoms with Crippen molar-refractivity contribution in [3.63, 3.8) is 0 Å². The number of hydrogen-bond donors (Lipinski definition) is 1. The lowest BCUT2D eigenvalue weighted by atomic mass is 10.1. The van der Waals surface area contributed by atoms with E-state index in [1.165, 1.54) is 30.2 Å². The van der Waals surface area contributed by atoms with E-state index in [9.17, 15) is 19.7 Å². The third kappa shape index (κ3) is 6.97. The van der Waals surface area contributed by atoms with Gasteiger partial charge in [0.2, 0.25) is 11.7 Å². The highest BCUT2D eigenvalue weighted by Gasteiger charge is 2.26. The first-order chi connectivity index (χ1) is 15.4. The number of benzene rings is 2. The molecule has 32 heavy (non-hydrogen) atoms. The zero-order chi connectivity index (χ0) is 23.5. The van der Waals surface area contributed by atoms with Crippen molar-refractivity contribution in [2.45, 2.75) is 32.7 Å². The van der Waals surface area contributed by atoms with Crippen LogP contribution in [0.25, 0.3) is 0 Å². The molecule has 0 radical (unpaired) electrons. The summed E-state index contributed by atoms with van der Waals surface area (Å²) in [5, 5.41) is 13.9. The lowest BCUT2D eigenvalue weighted by molar-refractivity contribution is -0.385. The molecule has 0 saturated carbocycles. The van der Waals surface area contributed by atoms with Crippen LogP contribution < -0.4 is 14.8 Å². The van der Waals surface area contributed by atoms with Gasteiger partial charge >= 0.3 is 5.69 Å². The number of ether oxygens (including phenoxy) is 2. The molecule has 0 fully saturated rings. The molecule has 0 unspecified atom stereocenters. The zero-order valence-corrected chi connectivity index (χ0v) is 18.6. The first-order valence-electron chi connectivity index (χ1n) is 10.4. The molecule has 1 N–H and O–H groups in total. The molecule has 0 aliphatic rings. The topological polar surface area (TPSA) is 111 Å². The van der Waals surface area contributed by atoms with Gasteiger partial charge in [-0.3, -0.25) is 19.7 Å². The van der Waals surface area contributed by atoms with E-state index in [4.69, 9.17) is 9.47 Å². The van der Waals surface area contributed by atoms with Crippen LogP contribution in [-0.4, -0.2) is 54.5 Å². The molecular weight excluding hydrogens is 414 g/mol. The third-order valence-corrected chi connectivity index (χ3v) is 4.91. The second-order valence-corrected chi connectivity index (χ2v) is 7.17. The Hall–Kier alpha value is -3.62. The number of nitrogens with zero attached hydrogens (tertiary/aromatic N) is 2. The van der Waals surface area contributed by atoms with Gasteiger partial charge in [-0.15, -0.1) is 0 Å². The summed E-state index contributed by atoms with van der Waals surface area (Å²) in [6, 6.07) is 13.0. The molecule has 0 bridgehead atoms. The molecule has 2 amide bonds. The van der Waals surface area contributed by atoms with E-state index in [0.29, 0.717) is 19.5 Å². The molecule has 0 heterocycles. The summed E-state index contributed by atoms with van der Waals surface area (Å²) in [5.41, 5.74) is 0.851. The lowest BCUT2D eigenvalue weighted by Crippen LogP contribution is -2.50. The molecule has 9 nitrogen and oxygen atoms in total. The van der Waals surface area contributed by atoms with Crippen molar-refractivity contribution in [2.24, 2.45) is 0 Å². The number of carbonyl (C=O) groups is 2. The van der Waals surface area contributed by atoms with Crippen LogP contribution in [0.4, 0.5) is 5.69 Å². The predicted octanol–water partition coefficient (Wildman–Crippen LogP) is 2.97. The molecule has 1 atom stereocenters. The molecule has 172 valence electrons. The number of hydrogen-bond acceptors (Lipinski definition) is 6. The quantitative estimate of drug-likeness (QED) is 0.399. The van der Waals surface area contributed by atoms with Gasteiger partial charge in [0.1, 0.15) is 11.8 Å². The fraction of sp³-hybridized carbons (Fsp3) is 0.391. The Balaban J connectivity index is 2.10. The average Bonchev–Trinajstić information content (AvgIpc) is 2.81. The summed E-state index contributed by atoms with van der Waals surface area (Å²) in [5.74, 6) is -0.303. The van der Waals surface area contributed by atoms with Gasteiger partial charge in [-0.1, -0.05) is 37.3 Å². The predicted molar refractivity (Wildman–Crippen MR) is 120 cm³/mol. The highest BCUT2D eigenvalue weighted by molar-refractivity contribution is 5.88. The Bertz CT molecular complexity index is 919. The summed E-state index contributed by atoms with van der Waals surface area (Å²) < 4.78 is 10.6. The molecule has 0 spiro atoms. The summed E-state index contributed by atoms with van der Waals surface area (Å²) in [6.07, 6.45) is 1.38. The van der Waals surface area contributed by atoms with E-state index in [1.54, 1.807) is 6.92 Å². The normalized spacial score (nSPS) is 11.3. The second-order valence-electron chi connectivity index (χ2n) is 7.17. The van der Waals surface area contributed by atoms with Crippen LogP contribution >= 0.6 is 0 Å². The van der Waals surface area contributed by atoms with Crippen LogP contribution in [0.1, 0.15) is 25.8 Å². The van der Waals surface area contributed by atoms with Crippen molar-refractivity contribution in [1.82, 2.24) is 10.2 Å². The van der Waals surface area contributed by atoms with Gasteiger partial charge in [0.05, 0.1) is 12.0 Å². The van der Waals surface area contributed by atoms with E-state index in [-0.39, 0.29) is 35.6 Å². The standard InChI is InChI=1S/C23H29N3O6/c1-4-13-24-23(28)17(2)25(14-12-18-8-6-5-7-9-18)22(27)16-32-19-10-11-20(26(29)30)21(15-19)31-3/h5-11,15,17H,4,12-14,16H2,1-3H3,(H,24,28)/t17-/m0/s1. The molecule has 0 saturated heterocycles. The highest BCUT2D eigenvalue weighted by atomic mass is 16.6. The van der Waals surface area contributed by atoms with Crippen LogP contribution in [0.5, 0.6) is 11.5 Å². The number of rotatable bonds is 12. The molecule has 0 aromatic heterocycles. The molecule has 0 aliphatic carbocycles. The van der Waals surface area contributed by atoms with Gasteiger partial charge in [0.25, 0.3) is 5.91 Å². The molecular formula is C23H29N3O6. The number of nitro groups is 1. The molecule has 9 heteroatoms. The number of carbonyl (C=O) groups excluding carboxylic acids is 2. The van der Waals surface area contributed by atoms with Crippen LogP contribution in [-0.2, 0) is 16.0 Å². The van der Waals surface area contributed by atoms with Gasteiger partial charge in [-0.05, 0) is 31.4 Å². The zero-order valence-electron chi connectivity index (χ0n) is 18.6. The van der Waals surface area contributed by atoms with Crippen LogP contribution in [0.2, 0.25) is 0 Å². The molecule has 2 rings (SSSR count). The smallest absolute Gasteiger partial charge is 0.311 e. The van der Waals surface area contributed by atoms with Gasteiger partial charge < -0.3 is 19.7 Å². The maximum atomic E-state index is 13.0. The van der Waals surface area contributed by atoms with Gasteiger partial charge in [-0.25, -0.2) is 0 Å². The number of nitrogens with one attached hydrogen (secondary N) is 1. The Kier molecular flexibility index (Phi) is 9.46. The van der Waals surface area contributed by atoms with E-state index in [0.717, 1.165) is 12.0 Å².